The van der Waals surface area contributed by atoms with Crippen LogP contribution in [0, 0.1) is 0 Å². The van der Waals surface area contributed by atoms with Crippen LogP contribution in [0.5, 0.6) is 0 Å². The summed E-state index contributed by atoms with van der Waals surface area (Å²) in [6, 6.07) is 8.03. The lowest BCUT2D eigenvalue weighted by molar-refractivity contribution is 1.03. The van der Waals surface area contributed by atoms with Gasteiger partial charge in [-0.05, 0) is 24.3 Å². The maximum Gasteiger partial charge on any atom is 0.0733 e. The van der Waals surface area contributed by atoms with Crippen LogP contribution in [0.1, 0.15) is 0 Å². The third kappa shape index (κ3) is 2.84. The van der Waals surface area contributed by atoms with Crippen LogP contribution in [-0.2, 0) is 0 Å². The molecule has 0 atom stereocenters. The molecule has 0 amide bonds. The van der Waals surface area contributed by atoms with Crippen molar-refractivity contribution in [2.45, 2.75) is 0 Å². The molecule has 1 aromatic heterocycles. The molecule has 0 aliphatic heterocycles. The number of halogens is 2. The minimum Gasteiger partial charge on any atom is -0.383 e. The maximum absolute atomic E-state index is 5.46. The fourth-order valence-electron chi connectivity index (χ4n) is 1.48. The molecule has 0 aliphatic carbocycles. The first-order valence-electron chi connectivity index (χ1n) is 4.79. The van der Waals surface area contributed by atoms with Crippen molar-refractivity contribution in [3.8, 4) is 0 Å². The van der Waals surface area contributed by atoms with Gasteiger partial charge in [-0.25, -0.2) is 0 Å². The van der Waals surface area contributed by atoms with Gasteiger partial charge in [0.15, 0.2) is 0 Å². The first-order valence-corrected chi connectivity index (χ1v) is 5.59. The predicted molar refractivity (Wildman–Crippen MR) is 74.2 cm³/mol. The molecule has 86 valence electrons. The Morgan fingerprint density at radius 3 is 2.88 bits per heavy atom. The standard InChI is InChI=1S/C11H12BrN3.ClH/c12-8-1-2-9-10(15-6-4-13)3-5-14-11(9)7-8;/h1-3,5,7H,4,6,13H2,(H,14,15);1H. The van der Waals surface area contributed by atoms with E-state index in [1.807, 2.05) is 24.3 Å². The number of benzene rings is 1. The van der Waals surface area contributed by atoms with Crippen LogP contribution in [0.2, 0.25) is 0 Å². The number of nitrogens with one attached hydrogen (secondary N) is 1. The highest BCUT2D eigenvalue weighted by molar-refractivity contribution is 9.10. The van der Waals surface area contributed by atoms with Crippen molar-refractivity contribution in [2.75, 3.05) is 18.4 Å². The Morgan fingerprint density at radius 2 is 2.12 bits per heavy atom. The molecule has 2 rings (SSSR count). The third-order valence-corrected chi connectivity index (χ3v) is 2.66. The Labute approximate surface area is 109 Å². The molecule has 0 spiro atoms. The molecule has 0 unspecified atom stereocenters. The maximum atomic E-state index is 5.46. The number of hydrogen-bond acceptors (Lipinski definition) is 3. The van der Waals surface area contributed by atoms with Gasteiger partial charge in [0.2, 0.25) is 0 Å². The number of rotatable bonds is 3. The molecule has 0 saturated carbocycles. The van der Waals surface area contributed by atoms with Gasteiger partial charge < -0.3 is 11.1 Å². The van der Waals surface area contributed by atoms with E-state index in [4.69, 9.17) is 5.73 Å². The molecular weight excluding hydrogens is 289 g/mol. The zero-order chi connectivity index (χ0) is 10.7. The highest BCUT2D eigenvalue weighted by atomic mass is 79.9. The molecule has 0 radical (unpaired) electrons. The van der Waals surface area contributed by atoms with Gasteiger partial charge >= 0.3 is 0 Å². The molecule has 0 fully saturated rings. The van der Waals surface area contributed by atoms with Crippen LogP contribution in [0.3, 0.4) is 0 Å². The lowest BCUT2D eigenvalue weighted by Crippen LogP contribution is -2.13. The summed E-state index contributed by atoms with van der Waals surface area (Å²) in [7, 11) is 0. The number of nitrogens with zero attached hydrogens (tertiary/aromatic N) is 1. The van der Waals surface area contributed by atoms with E-state index >= 15 is 0 Å². The molecule has 0 saturated heterocycles. The molecule has 0 aliphatic rings. The molecule has 1 heterocycles. The topological polar surface area (TPSA) is 50.9 Å². The summed E-state index contributed by atoms with van der Waals surface area (Å²) >= 11 is 3.43. The van der Waals surface area contributed by atoms with E-state index in [0.29, 0.717) is 6.54 Å². The van der Waals surface area contributed by atoms with E-state index in [-0.39, 0.29) is 12.4 Å². The van der Waals surface area contributed by atoms with Crippen molar-refractivity contribution in [1.82, 2.24) is 4.98 Å². The van der Waals surface area contributed by atoms with Gasteiger partial charge in [0.25, 0.3) is 0 Å². The number of nitrogens with two attached hydrogens (primary N) is 1. The zero-order valence-corrected chi connectivity index (χ0v) is 11.0. The first-order chi connectivity index (χ1) is 7.31. The fourth-order valence-corrected chi connectivity index (χ4v) is 1.83. The van der Waals surface area contributed by atoms with E-state index in [1.54, 1.807) is 6.20 Å². The summed E-state index contributed by atoms with van der Waals surface area (Å²) in [6.45, 7) is 1.40. The Hall–Kier alpha value is -0.840. The molecule has 3 nitrogen and oxygen atoms in total. The van der Waals surface area contributed by atoms with Gasteiger partial charge in [-0.2, -0.15) is 0 Å². The van der Waals surface area contributed by atoms with Crippen LogP contribution >= 0.6 is 28.3 Å². The van der Waals surface area contributed by atoms with E-state index in [1.165, 1.54) is 0 Å². The number of hydrogen-bond donors (Lipinski definition) is 2. The second kappa shape index (κ2) is 6.03. The Kier molecular flexibility index (Phi) is 4.99. The van der Waals surface area contributed by atoms with Crippen LogP contribution in [-0.4, -0.2) is 18.1 Å². The Balaban J connectivity index is 0.00000128. The van der Waals surface area contributed by atoms with E-state index < -0.39 is 0 Å². The van der Waals surface area contributed by atoms with Crippen LogP contribution < -0.4 is 11.1 Å². The van der Waals surface area contributed by atoms with Gasteiger partial charge in [-0.3, -0.25) is 4.98 Å². The molecule has 16 heavy (non-hydrogen) atoms. The number of pyridine rings is 1. The monoisotopic (exact) mass is 301 g/mol. The smallest absolute Gasteiger partial charge is 0.0733 e. The largest absolute Gasteiger partial charge is 0.383 e. The summed E-state index contributed by atoms with van der Waals surface area (Å²) in [4.78, 5) is 4.31. The average Bonchev–Trinajstić information content (AvgIpc) is 2.25. The minimum absolute atomic E-state index is 0. The average molecular weight is 303 g/mol. The normalized spacial score (nSPS) is 9.88. The van der Waals surface area contributed by atoms with E-state index in [9.17, 15) is 0 Å². The lowest BCUT2D eigenvalue weighted by Gasteiger charge is -2.08. The Bertz CT molecular complexity index is 476. The second-order valence-electron chi connectivity index (χ2n) is 3.24. The molecule has 2 aromatic rings. The van der Waals surface area contributed by atoms with Crippen molar-refractivity contribution >= 4 is 44.9 Å². The van der Waals surface area contributed by atoms with Gasteiger partial charge in [0.1, 0.15) is 0 Å². The SMILES string of the molecule is Cl.NCCNc1ccnc2cc(Br)ccc12. The molecule has 5 heteroatoms. The van der Waals surface area contributed by atoms with Crippen LogP contribution in [0.15, 0.2) is 34.9 Å². The van der Waals surface area contributed by atoms with E-state index in [2.05, 4.69) is 26.2 Å². The zero-order valence-electron chi connectivity index (χ0n) is 8.61. The van der Waals surface area contributed by atoms with Crippen molar-refractivity contribution in [3.05, 3.63) is 34.9 Å². The fraction of sp³-hybridized carbons (Fsp3) is 0.182. The number of fused-ring (bicyclic) bond motifs is 1. The third-order valence-electron chi connectivity index (χ3n) is 2.16. The van der Waals surface area contributed by atoms with E-state index in [0.717, 1.165) is 27.6 Å². The van der Waals surface area contributed by atoms with Crippen LogP contribution in [0.25, 0.3) is 10.9 Å². The van der Waals surface area contributed by atoms with Crippen molar-refractivity contribution in [1.29, 1.82) is 0 Å². The number of aromatic nitrogens is 1. The predicted octanol–water partition coefficient (Wildman–Crippen LogP) is 2.79. The first kappa shape index (κ1) is 13.2. The van der Waals surface area contributed by atoms with Gasteiger partial charge in [-0.1, -0.05) is 15.9 Å². The van der Waals surface area contributed by atoms with Gasteiger partial charge in [0.05, 0.1) is 5.52 Å². The van der Waals surface area contributed by atoms with Gasteiger partial charge in [0, 0.05) is 34.8 Å². The molecule has 3 N–H and O–H groups in total. The highest BCUT2D eigenvalue weighted by Crippen LogP contribution is 2.24. The molecular formula is C11H13BrClN3. The van der Waals surface area contributed by atoms with Crippen molar-refractivity contribution in [2.24, 2.45) is 5.73 Å². The Morgan fingerprint density at radius 1 is 1.31 bits per heavy atom. The van der Waals surface area contributed by atoms with Crippen molar-refractivity contribution in [3.63, 3.8) is 0 Å². The molecule has 0 bridgehead atoms. The van der Waals surface area contributed by atoms with Crippen molar-refractivity contribution < 1.29 is 0 Å². The highest BCUT2D eigenvalue weighted by Gasteiger charge is 2.00. The summed E-state index contributed by atoms with van der Waals surface area (Å²) < 4.78 is 1.04. The van der Waals surface area contributed by atoms with Crippen LogP contribution in [0.4, 0.5) is 5.69 Å². The quantitative estimate of drug-likeness (QED) is 0.916. The summed E-state index contributed by atoms with van der Waals surface area (Å²) in [6.07, 6.45) is 1.80. The second-order valence-corrected chi connectivity index (χ2v) is 4.15. The van der Waals surface area contributed by atoms with Gasteiger partial charge in [-0.15, -0.1) is 12.4 Å². The summed E-state index contributed by atoms with van der Waals surface area (Å²) in [5.74, 6) is 0. The summed E-state index contributed by atoms with van der Waals surface area (Å²) in [5, 5.41) is 4.40. The lowest BCUT2D eigenvalue weighted by atomic mass is 10.2. The summed E-state index contributed by atoms with van der Waals surface area (Å²) in [5.41, 5.74) is 7.52. The molecule has 1 aromatic carbocycles. The number of anilines is 1. The minimum atomic E-state index is 0.